The number of hydrogen-bond acceptors (Lipinski definition) is 5. The molecule has 192 valence electrons. The van der Waals surface area contributed by atoms with Crippen LogP contribution in [0.4, 0.5) is 11.4 Å². The third kappa shape index (κ3) is 6.93. The Labute approximate surface area is 224 Å². The molecule has 1 aliphatic rings. The Morgan fingerprint density at radius 2 is 1.70 bits per heavy atom. The summed E-state index contributed by atoms with van der Waals surface area (Å²) in [6.07, 6.45) is 0.139. The monoisotopic (exact) mass is 541 g/mol. The Hall–Kier alpha value is -3.75. The highest BCUT2D eigenvalue weighted by Gasteiger charge is 2.35. The third-order valence-electron chi connectivity index (χ3n) is 5.85. The van der Waals surface area contributed by atoms with Crippen LogP contribution >= 0.6 is 23.2 Å². The van der Waals surface area contributed by atoms with Gasteiger partial charge in [0.15, 0.2) is 6.61 Å². The second-order valence-electron chi connectivity index (χ2n) is 8.43. The lowest BCUT2D eigenvalue weighted by Crippen LogP contribution is -2.32. The van der Waals surface area contributed by atoms with Gasteiger partial charge in [0.1, 0.15) is 11.5 Å². The first-order valence-corrected chi connectivity index (χ1v) is 12.3. The lowest BCUT2D eigenvalue weighted by atomic mass is 10.1. The maximum absolute atomic E-state index is 12.6. The average Bonchev–Trinajstić information content (AvgIpc) is 3.30. The van der Waals surface area contributed by atoms with Crippen molar-refractivity contribution in [1.29, 1.82) is 0 Å². The molecule has 2 N–H and O–H groups in total. The van der Waals surface area contributed by atoms with Crippen molar-refractivity contribution >= 4 is 52.3 Å². The Balaban J connectivity index is 1.26. The summed E-state index contributed by atoms with van der Waals surface area (Å²) in [6.45, 7) is 0.437. The maximum Gasteiger partial charge on any atom is 0.262 e. The van der Waals surface area contributed by atoms with Crippen LogP contribution in [0.5, 0.6) is 11.5 Å². The van der Waals surface area contributed by atoms with Crippen molar-refractivity contribution < 1.29 is 23.9 Å². The van der Waals surface area contributed by atoms with Gasteiger partial charge in [-0.1, -0.05) is 35.3 Å². The molecular formula is C27H25Cl2N3O5. The van der Waals surface area contributed by atoms with Crippen LogP contribution in [0.1, 0.15) is 12.0 Å². The highest BCUT2D eigenvalue weighted by molar-refractivity contribution is 6.36. The summed E-state index contributed by atoms with van der Waals surface area (Å²) in [5.74, 6) is 0.0867. The van der Waals surface area contributed by atoms with E-state index < -0.39 is 5.92 Å². The van der Waals surface area contributed by atoms with E-state index in [1.54, 1.807) is 48.4 Å². The van der Waals surface area contributed by atoms with E-state index in [0.29, 0.717) is 33.7 Å². The van der Waals surface area contributed by atoms with E-state index in [1.165, 1.54) is 6.07 Å². The van der Waals surface area contributed by atoms with Gasteiger partial charge in [-0.25, -0.2) is 0 Å². The summed E-state index contributed by atoms with van der Waals surface area (Å²) < 4.78 is 10.7. The van der Waals surface area contributed by atoms with Crippen LogP contribution in [0.3, 0.4) is 0 Å². The first-order valence-electron chi connectivity index (χ1n) is 11.5. The van der Waals surface area contributed by atoms with Gasteiger partial charge in [0.25, 0.3) is 5.91 Å². The van der Waals surface area contributed by atoms with Gasteiger partial charge in [-0.2, -0.15) is 0 Å². The molecule has 8 nitrogen and oxygen atoms in total. The minimum absolute atomic E-state index is 0.127. The molecule has 1 saturated heterocycles. The molecular weight excluding hydrogens is 517 g/mol. The van der Waals surface area contributed by atoms with Crippen molar-refractivity contribution in [1.82, 2.24) is 5.32 Å². The zero-order valence-electron chi connectivity index (χ0n) is 20.0. The number of ether oxygens (including phenoxy) is 2. The minimum Gasteiger partial charge on any atom is -0.497 e. The lowest BCUT2D eigenvalue weighted by molar-refractivity contribution is -0.126. The minimum atomic E-state index is -0.440. The van der Waals surface area contributed by atoms with Crippen molar-refractivity contribution in [2.45, 2.75) is 13.0 Å². The van der Waals surface area contributed by atoms with E-state index in [2.05, 4.69) is 10.6 Å². The fraction of sp³-hybridized carbons (Fsp3) is 0.222. The number of amides is 3. The van der Waals surface area contributed by atoms with Crippen molar-refractivity contribution in [2.24, 2.45) is 5.92 Å². The molecule has 0 radical (unpaired) electrons. The number of carbonyl (C=O) groups is 3. The highest BCUT2D eigenvalue weighted by atomic mass is 35.5. The van der Waals surface area contributed by atoms with E-state index in [1.807, 2.05) is 24.3 Å². The average molecular weight is 542 g/mol. The number of halogens is 2. The molecule has 37 heavy (non-hydrogen) atoms. The number of rotatable bonds is 9. The molecule has 0 unspecified atom stereocenters. The van der Waals surface area contributed by atoms with Crippen molar-refractivity contribution in [2.75, 3.05) is 30.5 Å². The predicted molar refractivity (Wildman–Crippen MR) is 142 cm³/mol. The SMILES string of the molecule is COc1ccc(CNC(=O)[C@H]2CC(=O)N(c3ccc(OCC(=O)Nc4ccc(Cl)cc4Cl)cc3)C2)cc1. The number of methoxy groups -OCH3 is 1. The number of nitrogens with one attached hydrogen (secondary N) is 2. The molecule has 0 aromatic heterocycles. The van der Waals surface area contributed by atoms with Crippen LogP contribution in [0, 0.1) is 5.92 Å². The molecule has 10 heteroatoms. The van der Waals surface area contributed by atoms with E-state index in [9.17, 15) is 14.4 Å². The first kappa shape index (κ1) is 26.3. The van der Waals surface area contributed by atoms with Gasteiger partial charge in [0, 0.05) is 30.2 Å². The molecule has 1 atom stereocenters. The summed E-state index contributed by atoms with van der Waals surface area (Å²) >= 11 is 11.9. The van der Waals surface area contributed by atoms with Gasteiger partial charge in [-0.3, -0.25) is 14.4 Å². The van der Waals surface area contributed by atoms with E-state index in [4.69, 9.17) is 32.7 Å². The standard InChI is InChI=1S/C27H25Cl2N3O5/c1-36-21-7-2-17(3-8-21)14-30-27(35)18-12-26(34)32(15-18)20-5-9-22(10-6-20)37-16-25(33)31-24-11-4-19(28)13-23(24)29/h2-11,13,18H,12,14-16H2,1H3,(H,30,35)(H,31,33)/t18-/m0/s1. The summed E-state index contributed by atoms with van der Waals surface area (Å²) in [5.41, 5.74) is 2.03. The van der Waals surface area contributed by atoms with E-state index in [-0.39, 0.29) is 37.3 Å². The molecule has 3 aromatic carbocycles. The number of nitrogens with zero attached hydrogens (tertiary/aromatic N) is 1. The Kier molecular flexibility index (Phi) is 8.53. The summed E-state index contributed by atoms with van der Waals surface area (Å²) in [7, 11) is 1.60. The molecule has 4 rings (SSSR count). The number of benzene rings is 3. The molecule has 1 fully saturated rings. The summed E-state index contributed by atoms with van der Waals surface area (Å²) in [5, 5.41) is 6.36. The van der Waals surface area contributed by atoms with Crippen molar-refractivity contribution in [3.05, 3.63) is 82.3 Å². The van der Waals surface area contributed by atoms with Gasteiger partial charge in [0.2, 0.25) is 11.8 Å². The van der Waals surface area contributed by atoms with Gasteiger partial charge in [-0.15, -0.1) is 0 Å². The van der Waals surface area contributed by atoms with Gasteiger partial charge in [0.05, 0.1) is 23.7 Å². The fourth-order valence-corrected chi connectivity index (χ4v) is 4.31. The van der Waals surface area contributed by atoms with Crippen LogP contribution < -0.4 is 25.0 Å². The lowest BCUT2D eigenvalue weighted by Gasteiger charge is -2.17. The smallest absolute Gasteiger partial charge is 0.262 e. The van der Waals surface area contributed by atoms with Gasteiger partial charge in [-0.05, 0) is 60.2 Å². The van der Waals surface area contributed by atoms with Crippen molar-refractivity contribution in [3.8, 4) is 11.5 Å². The van der Waals surface area contributed by atoms with Gasteiger partial charge < -0.3 is 25.0 Å². The predicted octanol–water partition coefficient (Wildman–Crippen LogP) is 4.69. The number of anilines is 2. The third-order valence-corrected chi connectivity index (χ3v) is 6.39. The second kappa shape index (κ2) is 12.0. The molecule has 1 heterocycles. The quantitative estimate of drug-likeness (QED) is 0.409. The van der Waals surface area contributed by atoms with E-state index in [0.717, 1.165) is 11.3 Å². The number of hydrogen-bond donors (Lipinski definition) is 2. The van der Waals surface area contributed by atoms with Crippen molar-refractivity contribution in [3.63, 3.8) is 0 Å². The zero-order chi connectivity index (χ0) is 26.4. The fourth-order valence-electron chi connectivity index (χ4n) is 3.86. The van der Waals surface area contributed by atoms with Crippen LogP contribution in [0.2, 0.25) is 10.0 Å². The van der Waals surface area contributed by atoms with E-state index >= 15 is 0 Å². The topological polar surface area (TPSA) is 97.0 Å². The molecule has 0 bridgehead atoms. The Morgan fingerprint density at radius 3 is 2.38 bits per heavy atom. The largest absolute Gasteiger partial charge is 0.497 e. The Morgan fingerprint density at radius 1 is 1.00 bits per heavy atom. The second-order valence-corrected chi connectivity index (χ2v) is 9.27. The zero-order valence-corrected chi connectivity index (χ0v) is 21.5. The first-order chi connectivity index (χ1) is 17.8. The molecule has 0 saturated carbocycles. The van der Waals surface area contributed by atoms with Gasteiger partial charge >= 0.3 is 0 Å². The molecule has 3 amide bonds. The molecule has 1 aliphatic heterocycles. The number of carbonyl (C=O) groups excluding carboxylic acids is 3. The molecule has 3 aromatic rings. The van der Waals surface area contributed by atoms with Crippen LogP contribution in [-0.4, -0.2) is 38.0 Å². The van der Waals surface area contributed by atoms with Crippen LogP contribution in [-0.2, 0) is 20.9 Å². The van der Waals surface area contributed by atoms with Crippen LogP contribution in [0.25, 0.3) is 0 Å². The van der Waals surface area contributed by atoms with Crippen LogP contribution in [0.15, 0.2) is 66.7 Å². The molecule has 0 aliphatic carbocycles. The molecule has 0 spiro atoms. The summed E-state index contributed by atoms with van der Waals surface area (Å²) in [6, 6.07) is 19.0. The summed E-state index contributed by atoms with van der Waals surface area (Å²) in [4.78, 5) is 39.0. The maximum atomic E-state index is 12.6. The normalized spacial score (nSPS) is 14.8. The highest BCUT2D eigenvalue weighted by Crippen LogP contribution is 2.28. The Bertz CT molecular complexity index is 1280.